The molecule has 0 saturated heterocycles. The van der Waals surface area contributed by atoms with E-state index in [1.807, 2.05) is 0 Å². The van der Waals surface area contributed by atoms with E-state index in [-0.39, 0.29) is 24.2 Å². The van der Waals surface area contributed by atoms with Crippen LogP contribution in [0, 0.1) is 10.1 Å². The predicted octanol–water partition coefficient (Wildman–Crippen LogP) is 0.376. The highest BCUT2D eigenvalue weighted by atomic mass is 16.6. The summed E-state index contributed by atoms with van der Waals surface area (Å²) in [5, 5.41) is 19.3. The molecule has 1 amide bonds. The molecule has 0 spiro atoms. The van der Waals surface area contributed by atoms with Crippen LogP contribution in [0.15, 0.2) is 12.1 Å². The van der Waals surface area contributed by atoms with Crippen molar-refractivity contribution in [3.05, 3.63) is 27.9 Å². The number of aromatic amines is 1. The molecular formula is C9H13N3O4. The number of aliphatic hydroxyl groups excluding tert-OH is 1. The summed E-state index contributed by atoms with van der Waals surface area (Å²) in [6, 6.07) is 2.24. The van der Waals surface area contributed by atoms with Crippen molar-refractivity contribution in [2.24, 2.45) is 0 Å². The molecule has 2 N–H and O–H groups in total. The second kappa shape index (κ2) is 4.75. The zero-order chi connectivity index (χ0) is 12.3. The number of aliphatic hydroxyl groups is 1. The van der Waals surface area contributed by atoms with Crippen LogP contribution in [0.4, 0.5) is 5.82 Å². The molecule has 1 unspecified atom stereocenters. The third kappa shape index (κ3) is 2.37. The molecule has 0 aromatic carbocycles. The molecule has 0 aliphatic rings. The van der Waals surface area contributed by atoms with Gasteiger partial charge in [0.05, 0.1) is 12.6 Å². The monoisotopic (exact) mass is 227 g/mol. The van der Waals surface area contributed by atoms with Gasteiger partial charge in [-0.15, -0.1) is 0 Å². The third-order valence-corrected chi connectivity index (χ3v) is 2.34. The summed E-state index contributed by atoms with van der Waals surface area (Å²) < 4.78 is 0. The van der Waals surface area contributed by atoms with Crippen LogP contribution in [0.3, 0.4) is 0 Å². The molecule has 1 aromatic rings. The lowest BCUT2D eigenvalue weighted by Crippen LogP contribution is -2.37. The second-order valence-electron chi connectivity index (χ2n) is 3.46. The highest BCUT2D eigenvalue weighted by Crippen LogP contribution is 2.12. The van der Waals surface area contributed by atoms with E-state index in [4.69, 9.17) is 5.11 Å². The molecule has 1 heterocycles. The van der Waals surface area contributed by atoms with E-state index >= 15 is 0 Å². The first-order valence-corrected chi connectivity index (χ1v) is 4.68. The number of H-pyrrole nitrogens is 1. The minimum Gasteiger partial charge on any atom is -0.394 e. The summed E-state index contributed by atoms with van der Waals surface area (Å²) in [6.45, 7) is 1.51. The van der Waals surface area contributed by atoms with E-state index in [0.29, 0.717) is 0 Å². The van der Waals surface area contributed by atoms with Gasteiger partial charge in [0.25, 0.3) is 5.91 Å². The number of nitrogens with one attached hydrogen (secondary N) is 1. The SMILES string of the molecule is CC(CO)N(C)C(=O)c1ccc([N+](=O)[O-])[nH]1. The van der Waals surface area contributed by atoms with Gasteiger partial charge >= 0.3 is 5.82 Å². The average Bonchev–Trinajstić information content (AvgIpc) is 2.75. The largest absolute Gasteiger partial charge is 0.394 e. The molecule has 1 atom stereocenters. The van der Waals surface area contributed by atoms with Gasteiger partial charge in [0.1, 0.15) is 0 Å². The van der Waals surface area contributed by atoms with E-state index in [9.17, 15) is 14.9 Å². The Kier molecular flexibility index (Phi) is 3.62. The van der Waals surface area contributed by atoms with Crippen molar-refractivity contribution in [2.45, 2.75) is 13.0 Å². The van der Waals surface area contributed by atoms with Gasteiger partial charge in [-0.25, -0.2) is 4.98 Å². The van der Waals surface area contributed by atoms with Crippen LogP contribution in [0.1, 0.15) is 17.4 Å². The number of carbonyl (C=O) groups excluding carboxylic acids is 1. The van der Waals surface area contributed by atoms with E-state index in [0.717, 1.165) is 0 Å². The summed E-state index contributed by atoms with van der Waals surface area (Å²) in [7, 11) is 1.52. The topological polar surface area (TPSA) is 99.5 Å². The highest BCUT2D eigenvalue weighted by molar-refractivity contribution is 5.92. The molecule has 1 rings (SSSR count). The highest BCUT2D eigenvalue weighted by Gasteiger charge is 2.21. The number of hydrogen-bond donors (Lipinski definition) is 2. The summed E-state index contributed by atoms with van der Waals surface area (Å²) in [5.74, 6) is -0.622. The van der Waals surface area contributed by atoms with Crippen LogP contribution in [0.2, 0.25) is 0 Å². The van der Waals surface area contributed by atoms with Gasteiger partial charge in [0.15, 0.2) is 5.69 Å². The molecule has 0 bridgehead atoms. The number of likely N-dealkylation sites (N-methyl/N-ethyl adjacent to an activating group) is 1. The fraction of sp³-hybridized carbons (Fsp3) is 0.444. The van der Waals surface area contributed by atoms with Crippen molar-refractivity contribution < 1.29 is 14.8 Å². The zero-order valence-corrected chi connectivity index (χ0v) is 9.01. The Labute approximate surface area is 91.8 Å². The number of hydrogen-bond acceptors (Lipinski definition) is 4. The second-order valence-corrected chi connectivity index (χ2v) is 3.46. The molecule has 0 fully saturated rings. The van der Waals surface area contributed by atoms with Crippen molar-refractivity contribution in [1.82, 2.24) is 9.88 Å². The molecule has 0 saturated carbocycles. The van der Waals surface area contributed by atoms with Gasteiger partial charge in [-0.1, -0.05) is 0 Å². The average molecular weight is 227 g/mol. The number of rotatable bonds is 4. The van der Waals surface area contributed by atoms with Crippen LogP contribution >= 0.6 is 0 Å². The number of nitro groups is 1. The molecule has 16 heavy (non-hydrogen) atoms. The molecule has 7 nitrogen and oxygen atoms in total. The summed E-state index contributed by atoms with van der Waals surface area (Å²) in [4.78, 5) is 25.3. The van der Waals surface area contributed by atoms with E-state index in [1.165, 1.54) is 24.1 Å². The van der Waals surface area contributed by atoms with Gasteiger partial charge in [-0.3, -0.25) is 4.79 Å². The molecular weight excluding hydrogens is 214 g/mol. The summed E-state index contributed by atoms with van der Waals surface area (Å²) in [6.07, 6.45) is 0. The minimum absolute atomic E-state index is 0.134. The van der Waals surface area contributed by atoms with E-state index < -0.39 is 10.8 Å². The molecule has 0 aliphatic heterocycles. The van der Waals surface area contributed by atoms with Gasteiger partial charge in [0, 0.05) is 13.1 Å². The van der Waals surface area contributed by atoms with Crippen molar-refractivity contribution in [3.8, 4) is 0 Å². The van der Waals surface area contributed by atoms with Crippen LogP contribution in [-0.2, 0) is 0 Å². The van der Waals surface area contributed by atoms with Crippen LogP contribution in [0.25, 0.3) is 0 Å². The Bertz CT molecular complexity index is 401. The summed E-state index contributed by atoms with van der Waals surface area (Å²) >= 11 is 0. The molecule has 88 valence electrons. The standard InChI is InChI=1S/C9H13N3O4/c1-6(5-13)11(2)9(14)7-3-4-8(10-7)12(15)16/h3-4,6,10,13H,5H2,1-2H3. The molecule has 0 radical (unpaired) electrons. The smallest absolute Gasteiger partial charge is 0.321 e. The fourth-order valence-electron chi connectivity index (χ4n) is 1.13. The van der Waals surface area contributed by atoms with Gasteiger partial charge < -0.3 is 20.1 Å². The number of carbonyl (C=O) groups is 1. The Morgan fingerprint density at radius 1 is 1.69 bits per heavy atom. The van der Waals surface area contributed by atoms with Crippen LogP contribution in [-0.4, -0.2) is 45.5 Å². The lowest BCUT2D eigenvalue weighted by Gasteiger charge is -2.21. The van der Waals surface area contributed by atoms with Crippen LogP contribution < -0.4 is 0 Å². The summed E-state index contributed by atoms with van der Waals surface area (Å²) in [5.41, 5.74) is 0.134. The van der Waals surface area contributed by atoms with Crippen molar-refractivity contribution in [2.75, 3.05) is 13.7 Å². The maximum Gasteiger partial charge on any atom is 0.321 e. The maximum absolute atomic E-state index is 11.7. The Morgan fingerprint density at radius 3 is 2.75 bits per heavy atom. The first-order chi connectivity index (χ1) is 7.47. The lowest BCUT2D eigenvalue weighted by molar-refractivity contribution is -0.389. The lowest BCUT2D eigenvalue weighted by atomic mass is 10.3. The Morgan fingerprint density at radius 2 is 2.31 bits per heavy atom. The maximum atomic E-state index is 11.7. The van der Waals surface area contributed by atoms with Crippen molar-refractivity contribution in [3.63, 3.8) is 0 Å². The van der Waals surface area contributed by atoms with Gasteiger partial charge in [0.2, 0.25) is 0 Å². The number of aromatic nitrogens is 1. The van der Waals surface area contributed by atoms with Gasteiger partial charge in [-0.2, -0.15) is 0 Å². The number of nitrogens with zero attached hydrogens (tertiary/aromatic N) is 2. The van der Waals surface area contributed by atoms with E-state index in [1.54, 1.807) is 6.92 Å². The van der Waals surface area contributed by atoms with Crippen molar-refractivity contribution in [1.29, 1.82) is 0 Å². The molecule has 0 aliphatic carbocycles. The van der Waals surface area contributed by atoms with Crippen molar-refractivity contribution >= 4 is 11.7 Å². The third-order valence-electron chi connectivity index (χ3n) is 2.34. The van der Waals surface area contributed by atoms with Gasteiger partial charge in [-0.05, 0) is 17.9 Å². The number of amides is 1. The Hall–Kier alpha value is -1.89. The van der Waals surface area contributed by atoms with Crippen LogP contribution in [0.5, 0.6) is 0 Å². The normalized spacial score (nSPS) is 12.2. The van der Waals surface area contributed by atoms with E-state index in [2.05, 4.69) is 4.98 Å². The first kappa shape index (κ1) is 12.2. The zero-order valence-electron chi connectivity index (χ0n) is 9.01. The molecule has 7 heteroatoms. The Balaban J connectivity index is 2.84. The minimum atomic E-state index is -0.605. The fourth-order valence-corrected chi connectivity index (χ4v) is 1.13. The predicted molar refractivity (Wildman–Crippen MR) is 56.1 cm³/mol. The quantitative estimate of drug-likeness (QED) is 0.573. The first-order valence-electron chi connectivity index (χ1n) is 4.68. The molecule has 1 aromatic heterocycles.